The molecule has 0 radical (unpaired) electrons. The lowest BCUT2D eigenvalue weighted by atomic mass is 10.1. The Morgan fingerprint density at radius 3 is 1.56 bits per heavy atom. The summed E-state index contributed by atoms with van der Waals surface area (Å²) in [5.74, 6) is -0.374. The number of carbonyl (C=O) groups excluding carboxylic acids is 5. The third-order valence-corrected chi connectivity index (χ3v) is 13.1. The first kappa shape index (κ1) is 53.4. The van der Waals surface area contributed by atoms with Gasteiger partial charge >= 0.3 is 30.3 Å². The summed E-state index contributed by atoms with van der Waals surface area (Å²) in [6, 6.07) is 13.0. The number of carbonyl (C=O) groups is 5. The number of amides is 4. The molecule has 70 heavy (non-hydrogen) atoms. The number of hydrogen-bond acceptors (Lipinski definition) is 19. The first-order valence-electron chi connectivity index (χ1n) is 23.5. The Bertz CT molecular complexity index is 2270. The van der Waals surface area contributed by atoms with E-state index >= 15 is 0 Å². The van der Waals surface area contributed by atoms with Gasteiger partial charge in [0.25, 0.3) is 10.1 Å². The standard InChI is InChI=1S/C27H40N6O6.C19H26N4O7S/c1-4-37-25(34)19(2)32-15-13-31(14-16-32)17-23-18-33(27(36)39-23)21-7-5-20(6-8-21)24(28)29-26(35)38-22-9-11-30(3)12-10-22;1-22-9-7-15(8-10-22)29-18(24)21-17(20)13-3-5-14(6-4-13)23-11-16(30-19(23)25)12-28-31(2,26)27/h5-8,19,22-23H,4,9-18H2,1-3H3,(H2,28,29,35);3-6,15-16H,7-12H2,1-2H3,(H2,20,21,24). The Kier molecular flexibility index (Phi) is 18.9. The molecule has 5 fully saturated rings. The quantitative estimate of drug-likeness (QED) is 0.0697. The highest BCUT2D eigenvalue weighted by Gasteiger charge is 2.36. The van der Waals surface area contributed by atoms with Gasteiger partial charge in [-0.25, -0.2) is 19.2 Å². The number of nitrogens with zero attached hydrogens (tertiary/aromatic N) is 6. The van der Waals surface area contributed by atoms with E-state index < -0.39 is 40.6 Å². The van der Waals surface area contributed by atoms with E-state index in [2.05, 4.69) is 34.4 Å². The zero-order chi connectivity index (χ0) is 50.5. The maximum absolute atomic E-state index is 12.6. The third kappa shape index (κ3) is 15.8. The monoisotopic (exact) mass is 998 g/mol. The number of esters is 1. The zero-order valence-corrected chi connectivity index (χ0v) is 41.2. The van der Waals surface area contributed by atoms with E-state index in [4.69, 9.17) is 34.5 Å². The first-order valence-corrected chi connectivity index (χ1v) is 25.3. The molecule has 0 aliphatic carbocycles. The number of rotatable bonds is 14. The second kappa shape index (κ2) is 24.8. The summed E-state index contributed by atoms with van der Waals surface area (Å²) >= 11 is 0. The van der Waals surface area contributed by atoms with Crippen molar-refractivity contribution in [3.05, 3.63) is 59.7 Å². The fraction of sp³-hybridized carbons (Fsp3) is 0.587. The molecule has 23 nitrogen and oxygen atoms in total. The van der Waals surface area contributed by atoms with Gasteiger partial charge in [-0.3, -0.25) is 50.0 Å². The summed E-state index contributed by atoms with van der Waals surface area (Å²) in [5, 5.41) is 21.2. The summed E-state index contributed by atoms with van der Waals surface area (Å²) in [6.07, 6.45) is 0.414. The summed E-state index contributed by atoms with van der Waals surface area (Å²) in [4.78, 5) is 72.6. The number of amidine groups is 2. The molecule has 384 valence electrons. The third-order valence-electron chi connectivity index (χ3n) is 12.5. The van der Waals surface area contributed by atoms with Crippen LogP contribution in [0.1, 0.15) is 50.7 Å². The Labute approximate surface area is 408 Å². The van der Waals surface area contributed by atoms with Gasteiger partial charge in [0, 0.05) is 81.4 Å². The molecule has 5 heterocycles. The predicted molar refractivity (Wildman–Crippen MR) is 257 cm³/mol. The summed E-state index contributed by atoms with van der Waals surface area (Å²) in [5.41, 5.74) is 2.13. The zero-order valence-electron chi connectivity index (χ0n) is 40.4. The molecule has 4 amide bonds. The van der Waals surface area contributed by atoms with Crippen molar-refractivity contribution >= 4 is 63.5 Å². The summed E-state index contributed by atoms with van der Waals surface area (Å²) in [6.45, 7) is 11.5. The molecular formula is C46H66N10O13S. The highest BCUT2D eigenvalue weighted by atomic mass is 32.2. The van der Waals surface area contributed by atoms with Crippen molar-refractivity contribution in [2.24, 2.45) is 0 Å². The van der Waals surface area contributed by atoms with E-state index in [0.29, 0.717) is 42.2 Å². The smallest absolute Gasteiger partial charge is 0.414 e. The number of piperazine rings is 1. The molecule has 5 aliphatic heterocycles. The van der Waals surface area contributed by atoms with E-state index in [9.17, 15) is 32.4 Å². The van der Waals surface area contributed by atoms with Crippen LogP contribution >= 0.6 is 0 Å². The van der Waals surface area contributed by atoms with Crippen LogP contribution in [0.15, 0.2) is 48.5 Å². The van der Waals surface area contributed by atoms with Gasteiger partial charge in [-0.05, 0) is 102 Å². The lowest BCUT2D eigenvalue weighted by Gasteiger charge is -2.37. The maximum atomic E-state index is 12.6. The van der Waals surface area contributed by atoms with Crippen LogP contribution in [0.5, 0.6) is 0 Å². The molecule has 7 rings (SSSR count). The fourth-order valence-corrected chi connectivity index (χ4v) is 8.81. The molecule has 24 heteroatoms. The van der Waals surface area contributed by atoms with E-state index in [1.165, 1.54) is 4.90 Å². The minimum Gasteiger partial charge on any atom is -0.465 e. The lowest BCUT2D eigenvalue weighted by molar-refractivity contribution is -0.149. The summed E-state index contributed by atoms with van der Waals surface area (Å²) < 4.78 is 53.5. The number of nitrogens with one attached hydrogen (secondary N) is 4. The van der Waals surface area contributed by atoms with E-state index in [1.807, 2.05) is 27.9 Å². The van der Waals surface area contributed by atoms with E-state index in [0.717, 1.165) is 84.3 Å². The molecule has 2 aromatic rings. The Morgan fingerprint density at radius 1 is 0.700 bits per heavy atom. The fourth-order valence-electron chi connectivity index (χ4n) is 8.41. The van der Waals surface area contributed by atoms with Gasteiger partial charge in [0.2, 0.25) is 0 Å². The normalized spacial score (nSPS) is 21.4. The molecule has 0 bridgehead atoms. The van der Waals surface area contributed by atoms with Crippen LogP contribution in [0, 0.1) is 10.8 Å². The van der Waals surface area contributed by atoms with Crippen LogP contribution in [0.3, 0.4) is 0 Å². The van der Waals surface area contributed by atoms with Crippen molar-refractivity contribution in [3.63, 3.8) is 0 Å². The van der Waals surface area contributed by atoms with Crippen molar-refractivity contribution in [1.29, 1.82) is 10.8 Å². The molecule has 5 aliphatic rings. The minimum absolute atomic E-state index is 0.0576. The molecule has 0 saturated carbocycles. The van der Waals surface area contributed by atoms with Crippen LogP contribution < -0.4 is 20.4 Å². The number of piperidine rings is 2. The Morgan fingerprint density at radius 2 is 1.13 bits per heavy atom. The highest BCUT2D eigenvalue weighted by molar-refractivity contribution is 7.86. The van der Waals surface area contributed by atoms with Gasteiger partial charge in [0.1, 0.15) is 48.7 Å². The van der Waals surface area contributed by atoms with Crippen LogP contribution in [-0.4, -0.2) is 206 Å². The predicted octanol–water partition coefficient (Wildman–Crippen LogP) is 2.86. The van der Waals surface area contributed by atoms with E-state index in [1.54, 1.807) is 53.4 Å². The first-order chi connectivity index (χ1) is 33.3. The Hall–Kier alpha value is -5.92. The number of hydrogen-bond donors (Lipinski definition) is 4. The van der Waals surface area contributed by atoms with E-state index in [-0.39, 0.29) is 55.1 Å². The highest BCUT2D eigenvalue weighted by Crippen LogP contribution is 2.25. The molecule has 4 N–H and O–H groups in total. The number of anilines is 2. The number of ether oxygens (including phenoxy) is 5. The molecule has 3 atom stereocenters. The van der Waals surface area contributed by atoms with Gasteiger partial charge in [-0.1, -0.05) is 0 Å². The van der Waals surface area contributed by atoms with Gasteiger partial charge in [0.05, 0.1) is 26.0 Å². The molecule has 2 aromatic carbocycles. The second-order valence-corrected chi connectivity index (χ2v) is 19.5. The van der Waals surface area contributed by atoms with Gasteiger partial charge in [0.15, 0.2) is 0 Å². The van der Waals surface area contributed by atoms with Gasteiger partial charge < -0.3 is 33.5 Å². The van der Waals surface area contributed by atoms with Crippen LogP contribution in [0.4, 0.5) is 30.6 Å². The van der Waals surface area contributed by atoms with Gasteiger partial charge in [-0.15, -0.1) is 0 Å². The largest absolute Gasteiger partial charge is 0.465 e. The van der Waals surface area contributed by atoms with Crippen molar-refractivity contribution in [2.45, 2.75) is 70.0 Å². The number of benzene rings is 2. The summed E-state index contributed by atoms with van der Waals surface area (Å²) in [7, 11) is 0.425. The molecular weight excluding hydrogens is 933 g/mol. The molecule has 5 saturated heterocycles. The molecule has 0 aromatic heterocycles. The minimum atomic E-state index is -3.63. The average molecular weight is 999 g/mol. The number of likely N-dealkylation sites (tertiary alicyclic amines) is 2. The molecule has 0 spiro atoms. The number of alkyl carbamates (subject to hydrolysis) is 2. The van der Waals surface area contributed by atoms with Crippen molar-refractivity contribution in [1.82, 2.24) is 30.2 Å². The topological polar surface area (TPSA) is 266 Å². The number of cyclic esters (lactones) is 2. The lowest BCUT2D eigenvalue weighted by Crippen LogP contribution is -2.53. The van der Waals surface area contributed by atoms with Crippen molar-refractivity contribution < 1.29 is 60.3 Å². The second-order valence-electron chi connectivity index (χ2n) is 17.9. The SMILES string of the molecule is CCOC(=O)C(C)N1CCN(CC2CN(c3ccc(C(=N)NC(=O)OC4CCN(C)CC4)cc3)C(=O)O2)CC1.CN1CCC(OC(=O)NC(=N)c2ccc(N3CC(COS(C)(=O)=O)OC3=O)cc2)CC1. The van der Waals surface area contributed by atoms with Crippen LogP contribution in [-0.2, 0) is 42.8 Å². The van der Waals surface area contributed by atoms with Crippen molar-refractivity contribution in [3.8, 4) is 0 Å². The van der Waals surface area contributed by atoms with Crippen LogP contribution in [0.25, 0.3) is 0 Å². The van der Waals surface area contributed by atoms with Gasteiger partial charge in [-0.2, -0.15) is 8.42 Å². The maximum Gasteiger partial charge on any atom is 0.414 e. The Balaban J connectivity index is 0.000000236. The van der Waals surface area contributed by atoms with Crippen molar-refractivity contribution in [2.75, 3.05) is 115 Å². The van der Waals surface area contributed by atoms with Crippen LogP contribution in [0.2, 0.25) is 0 Å². The molecule has 3 unspecified atom stereocenters. The average Bonchev–Trinajstić information content (AvgIpc) is 3.90.